The molecule has 1 amide bonds. The summed E-state index contributed by atoms with van der Waals surface area (Å²) >= 11 is 1.35. The summed E-state index contributed by atoms with van der Waals surface area (Å²) in [6.07, 6.45) is 0.654. The van der Waals surface area contributed by atoms with Gasteiger partial charge in [-0.05, 0) is 35.6 Å². The molecule has 0 aliphatic carbocycles. The number of rotatable bonds is 4. The van der Waals surface area contributed by atoms with Gasteiger partial charge in [-0.15, -0.1) is 11.3 Å². The Balaban J connectivity index is 1.90. The Bertz CT molecular complexity index is 668. The second-order valence-corrected chi connectivity index (χ2v) is 5.22. The van der Waals surface area contributed by atoms with E-state index in [0.29, 0.717) is 23.4 Å². The number of amides is 1. The maximum absolute atomic E-state index is 12.8. The molecular formula is C16H15FN2OS. The SMILES string of the molecule is NCC#Cc1ccsc1C(=O)NCCc1ccc(F)cc1. The van der Waals surface area contributed by atoms with E-state index < -0.39 is 0 Å². The quantitative estimate of drug-likeness (QED) is 0.851. The molecule has 2 rings (SSSR count). The highest BCUT2D eigenvalue weighted by atomic mass is 32.1. The third-order valence-corrected chi connectivity index (χ3v) is 3.72. The molecule has 2 aromatic rings. The van der Waals surface area contributed by atoms with Crippen LogP contribution in [0.1, 0.15) is 20.8 Å². The van der Waals surface area contributed by atoms with Crippen molar-refractivity contribution in [3.8, 4) is 11.8 Å². The Labute approximate surface area is 127 Å². The minimum Gasteiger partial charge on any atom is -0.351 e. The molecular weight excluding hydrogens is 287 g/mol. The van der Waals surface area contributed by atoms with Crippen LogP contribution in [0.4, 0.5) is 4.39 Å². The smallest absolute Gasteiger partial charge is 0.262 e. The first-order chi connectivity index (χ1) is 10.2. The molecule has 0 spiro atoms. The van der Waals surface area contributed by atoms with Crippen molar-refractivity contribution in [2.75, 3.05) is 13.1 Å². The lowest BCUT2D eigenvalue weighted by atomic mass is 10.1. The third kappa shape index (κ3) is 4.42. The van der Waals surface area contributed by atoms with Crippen molar-refractivity contribution >= 4 is 17.2 Å². The molecule has 0 saturated heterocycles. The second-order valence-electron chi connectivity index (χ2n) is 4.30. The number of hydrogen-bond acceptors (Lipinski definition) is 3. The van der Waals surface area contributed by atoms with Crippen molar-refractivity contribution in [1.29, 1.82) is 0 Å². The number of hydrogen-bond donors (Lipinski definition) is 2. The minimum atomic E-state index is -0.260. The molecule has 0 unspecified atom stereocenters. The Kier molecular flexibility index (Phi) is 5.50. The average molecular weight is 302 g/mol. The predicted molar refractivity (Wildman–Crippen MR) is 82.7 cm³/mol. The monoisotopic (exact) mass is 302 g/mol. The zero-order chi connectivity index (χ0) is 15.1. The molecule has 1 aromatic heterocycles. The van der Waals surface area contributed by atoms with Gasteiger partial charge in [0, 0.05) is 12.1 Å². The Morgan fingerprint density at radius 1 is 1.29 bits per heavy atom. The summed E-state index contributed by atoms with van der Waals surface area (Å²) in [7, 11) is 0. The number of carbonyl (C=O) groups excluding carboxylic acids is 1. The molecule has 0 atom stereocenters. The molecule has 0 aliphatic rings. The lowest BCUT2D eigenvalue weighted by Gasteiger charge is -2.04. The fourth-order valence-corrected chi connectivity index (χ4v) is 2.55. The van der Waals surface area contributed by atoms with Crippen molar-refractivity contribution in [2.24, 2.45) is 5.73 Å². The second kappa shape index (κ2) is 7.58. The molecule has 21 heavy (non-hydrogen) atoms. The number of halogens is 1. The lowest BCUT2D eigenvalue weighted by Crippen LogP contribution is -2.25. The van der Waals surface area contributed by atoms with E-state index in [2.05, 4.69) is 17.2 Å². The van der Waals surface area contributed by atoms with Gasteiger partial charge in [0.05, 0.1) is 6.54 Å². The molecule has 1 heterocycles. The van der Waals surface area contributed by atoms with Gasteiger partial charge >= 0.3 is 0 Å². The van der Waals surface area contributed by atoms with Crippen LogP contribution in [0.25, 0.3) is 0 Å². The van der Waals surface area contributed by atoms with Gasteiger partial charge in [0.25, 0.3) is 5.91 Å². The van der Waals surface area contributed by atoms with Gasteiger partial charge in [-0.3, -0.25) is 4.79 Å². The number of benzene rings is 1. The summed E-state index contributed by atoms with van der Waals surface area (Å²) in [6.45, 7) is 0.758. The number of thiophene rings is 1. The highest BCUT2D eigenvalue weighted by Gasteiger charge is 2.11. The van der Waals surface area contributed by atoms with Gasteiger partial charge < -0.3 is 11.1 Å². The van der Waals surface area contributed by atoms with Crippen LogP contribution in [0.2, 0.25) is 0 Å². The van der Waals surface area contributed by atoms with Crippen molar-refractivity contribution in [3.05, 3.63) is 57.5 Å². The predicted octanol–water partition coefficient (Wildman–Crippen LogP) is 2.17. The summed E-state index contributed by atoms with van der Waals surface area (Å²) in [5.74, 6) is 5.22. The number of nitrogens with two attached hydrogens (primary N) is 1. The highest BCUT2D eigenvalue weighted by Crippen LogP contribution is 2.15. The Morgan fingerprint density at radius 3 is 2.76 bits per heavy atom. The highest BCUT2D eigenvalue weighted by molar-refractivity contribution is 7.12. The number of nitrogens with one attached hydrogen (secondary N) is 1. The molecule has 3 N–H and O–H groups in total. The standard InChI is InChI=1S/C16H15FN2OS/c17-14-5-3-12(4-6-14)7-10-19-16(20)15-13(2-1-9-18)8-11-21-15/h3-6,8,11H,7,9-10,18H2,(H,19,20). The summed E-state index contributed by atoms with van der Waals surface area (Å²) in [4.78, 5) is 12.7. The number of carbonyl (C=O) groups is 1. The first kappa shape index (κ1) is 15.2. The van der Waals surface area contributed by atoms with Crippen LogP contribution in [0.3, 0.4) is 0 Å². The first-order valence-corrected chi connectivity index (χ1v) is 7.37. The lowest BCUT2D eigenvalue weighted by molar-refractivity contribution is 0.0958. The van der Waals surface area contributed by atoms with Crippen LogP contribution in [-0.2, 0) is 6.42 Å². The normalized spacial score (nSPS) is 9.81. The fraction of sp³-hybridized carbons (Fsp3) is 0.188. The molecule has 3 nitrogen and oxygen atoms in total. The molecule has 0 bridgehead atoms. The topological polar surface area (TPSA) is 55.1 Å². The Hall–Kier alpha value is -2.16. The molecule has 0 saturated carbocycles. The minimum absolute atomic E-state index is 0.145. The van der Waals surface area contributed by atoms with E-state index in [1.165, 1.54) is 23.5 Å². The van der Waals surface area contributed by atoms with Gasteiger partial charge in [0.2, 0.25) is 0 Å². The summed E-state index contributed by atoms with van der Waals surface area (Å²) < 4.78 is 12.8. The van der Waals surface area contributed by atoms with Crippen molar-refractivity contribution in [3.63, 3.8) is 0 Å². The van der Waals surface area contributed by atoms with E-state index in [1.54, 1.807) is 12.1 Å². The zero-order valence-electron chi connectivity index (χ0n) is 11.4. The van der Waals surface area contributed by atoms with Crippen LogP contribution in [0.15, 0.2) is 35.7 Å². The Morgan fingerprint density at radius 2 is 2.05 bits per heavy atom. The van der Waals surface area contributed by atoms with Gasteiger partial charge in [-0.2, -0.15) is 0 Å². The molecule has 0 radical (unpaired) electrons. The van der Waals surface area contributed by atoms with E-state index in [0.717, 1.165) is 5.56 Å². The van der Waals surface area contributed by atoms with E-state index in [1.807, 2.05) is 11.4 Å². The van der Waals surface area contributed by atoms with Crippen LogP contribution in [-0.4, -0.2) is 19.0 Å². The van der Waals surface area contributed by atoms with Gasteiger partial charge in [0.15, 0.2) is 0 Å². The zero-order valence-corrected chi connectivity index (χ0v) is 12.2. The van der Waals surface area contributed by atoms with Crippen molar-refractivity contribution in [2.45, 2.75) is 6.42 Å². The van der Waals surface area contributed by atoms with Gasteiger partial charge in [-0.25, -0.2) is 4.39 Å². The molecule has 5 heteroatoms. The fourth-order valence-electron chi connectivity index (χ4n) is 1.78. The van der Waals surface area contributed by atoms with Crippen LogP contribution in [0, 0.1) is 17.7 Å². The van der Waals surface area contributed by atoms with E-state index >= 15 is 0 Å². The van der Waals surface area contributed by atoms with Crippen molar-refractivity contribution < 1.29 is 9.18 Å². The van der Waals surface area contributed by atoms with Gasteiger partial charge in [0.1, 0.15) is 10.7 Å². The summed E-state index contributed by atoms with van der Waals surface area (Å²) in [6, 6.07) is 8.06. The first-order valence-electron chi connectivity index (χ1n) is 6.50. The molecule has 0 aliphatic heterocycles. The largest absolute Gasteiger partial charge is 0.351 e. The summed E-state index contributed by atoms with van der Waals surface area (Å²) in [5.41, 5.74) is 7.01. The molecule has 108 valence electrons. The molecule has 0 fully saturated rings. The average Bonchev–Trinajstić information content (AvgIpc) is 2.95. The maximum Gasteiger partial charge on any atom is 0.262 e. The van der Waals surface area contributed by atoms with E-state index in [4.69, 9.17) is 5.73 Å². The maximum atomic E-state index is 12.8. The van der Waals surface area contributed by atoms with Crippen LogP contribution < -0.4 is 11.1 Å². The van der Waals surface area contributed by atoms with E-state index in [-0.39, 0.29) is 18.3 Å². The van der Waals surface area contributed by atoms with E-state index in [9.17, 15) is 9.18 Å². The van der Waals surface area contributed by atoms with Crippen molar-refractivity contribution in [1.82, 2.24) is 5.32 Å². The van der Waals surface area contributed by atoms with Crippen LogP contribution in [0.5, 0.6) is 0 Å². The van der Waals surface area contributed by atoms with Gasteiger partial charge in [-0.1, -0.05) is 24.0 Å². The molecule has 1 aromatic carbocycles. The third-order valence-electron chi connectivity index (χ3n) is 2.81. The summed E-state index contributed by atoms with van der Waals surface area (Å²) in [5, 5.41) is 4.67. The van der Waals surface area contributed by atoms with Crippen LogP contribution >= 0.6 is 11.3 Å².